The van der Waals surface area contributed by atoms with Crippen LogP contribution >= 0.6 is 0 Å². The van der Waals surface area contributed by atoms with E-state index in [-0.39, 0.29) is 23.9 Å². The largest absolute Gasteiger partial charge is 0.411 e. The Morgan fingerprint density at radius 3 is 2.25 bits per heavy atom. The van der Waals surface area contributed by atoms with Gasteiger partial charge in [-0.15, -0.1) is 0 Å². The molecule has 1 aromatic carbocycles. The molecule has 0 fully saturated rings. The molecule has 0 aliphatic carbocycles. The van der Waals surface area contributed by atoms with Gasteiger partial charge in [0, 0.05) is 0 Å². The third-order valence-corrected chi connectivity index (χ3v) is 10.3. The van der Waals surface area contributed by atoms with Gasteiger partial charge >= 0.3 is 0 Å². The summed E-state index contributed by atoms with van der Waals surface area (Å²) < 4.78 is 13.0. The highest BCUT2D eigenvalue weighted by atomic mass is 28.4. The molecule has 0 radical (unpaired) electrons. The van der Waals surface area contributed by atoms with Crippen LogP contribution in [-0.4, -0.2) is 32.2 Å². The van der Waals surface area contributed by atoms with E-state index >= 15 is 0 Å². The maximum Gasteiger partial charge on any atom is 0.192 e. The first-order chi connectivity index (χ1) is 13.0. The van der Waals surface area contributed by atoms with Gasteiger partial charge in [-0.2, -0.15) is 0 Å². The maximum atomic E-state index is 10.1. The summed E-state index contributed by atoms with van der Waals surface area (Å²) in [7, 11) is -1.99. The Kier molecular flexibility index (Phi) is 10.1. The molecule has 3 nitrogen and oxygen atoms in total. The van der Waals surface area contributed by atoms with Crippen molar-refractivity contribution in [1.82, 2.24) is 0 Å². The van der Waals surface area contributed by atoms with Crippen LogP contribution in [0.25, 0.3) is 0 Å². The van der Waals surface area contributed by atoms with Gasteiger partial charge in [-0.25, -0.2) is 0 Å². The van der Waals surface area contributed by atoms with E-state index in [0.29, 0.717) is 12.5 Å². The van der Waals surface area contributed by atoms with E-state index in [0.717, 1.165) is 18.4 Å². The summed E-state index contributed by atoms with van der Waals surface area (Å²) in [5, 5.41) is 10.3. The minimum atomic E-state index is -1.99. The fraction of sp³-hybridized carbons (Fsp3) is 0.667. The molecule has 0 aromatic heterocycles. The summed E-state index contributed by atoms with van der Waals surface area (Å²) in [4.78, 5) is 0. The average molecular weight is 407 g/mol. The molecular weight excluding hydrogens is 364 g/mol. The number of benzene rings is 1. The molecule has 0 saturated heterocycles. The number of hydrogen-bond donors (Lipinski definition) is 1. The van der Waals surface area contributed by atoms with E-state index in [1.54, 1.807) is 0 Å². The van der Waals surface area contributed by atoms with Gasteiger partial charge in [0.05, 0.1) is 19.3 Å². The fourth-order valence-corrected chi connectivity index (χ4v) is 4.32. The lowest BCUT2D eigenvalue weighted by Gasteiger charge is -2.43. The van der Waals surface area contributed by atoms with Crippen molar-refractivity contribution < 1.29 is 14.3 Å². The highest BCUT2D eigenvalue weighted by molar-refractivity contribution is 6.74. The fourth-order valence-electron chi connectivity index (χ4n) is 2.90. The second-order valence-corrected chi connectivity index (χ2v) is 14.5. The Balaban J connectivity index is 2.96. The topological polar surface area (TPSA) is 38.7 Å². The van der Waals surface area contributed by atoms with Crippen molar-refractivity contribution in [2.75, 3.05) is 6.61 Å². The number of rotatable bonds is 11. The van der Waals surface area contributed by atoms with Crippen molar-refractivity contribution in [3.63, 3.8) is 0 Å². The van der Waals surface area contributed by atoms with Crippen LogP contribution < -0.4 is 0 Å². The molecule has 1 aromatic rings. The number of ether oxygens (including phenoxy) is 1. The Morgan fingerprint density at radius 1 is 1.14 bits per heavy atom. The second-order valence-electron chi connectivity index (χ2n) is 9.70. The molecule has 0 amide bonds. The molecule has 0 aliphatic rings. The Morgan fingerprint density at radius 2 is 1.75 bits per heavy atom. The zero-order chi connectivity index (χ0) is 21.4. The third-order valence-electron chi connectivity index (χ3n) is 5.83. The molecule has 3 atom stereocenters. The third kappa shape index (κ3) is 8.20. The lowest BCUT2D eigenvalue weighted by molar-refractivity contribution is -0.0834. The molecule has 0 saturated carbocycles. The first kappa shape index (κ1) is 25.1. The smallest absolute Gasteiger partial charge is 0.192 e. The van der Waals surface area contributed by atoms with E-state index < -0.39 is 8.32 Å². The van der Waals surface area contributed by atoms with Crippen LogP contribution in [0, 0.1) is 5.92 Å². The minimum Gasteiger partial charge on any atom is -0.411 e. The first-order valence-corrected chi connectivity index (χ1v) is 13.5. The zero-order valence-electron chi connectivity index (χ0n) is 19.3. The predicted octanol–water partition coefficient (Wildman–Crippen LogP) is 6.34. The monoisotopic (exact) mass is 406 g/mol. The van der Waals surface area contributed by atoms with Gasteiger partial charge < -0.3 is 14.3 Å². The Labute approximate surface area is 174 Å². The van der Waals surface area contributed by atoms with Gasteiger partial charge in [-0.1, -0.05) is 69.7 Å². The summed E-state index contributed by atoms with van der Waals surface area (Å²) in [6, 6.07) is 10.1. The summed E-state index contributed by atoms with van der Waals surface area (Å²) >= 11 is 0. The van der Waals surface area contributed by atoms with E-state index in [1.165, 1.54) is 5.57 Å². The van der Waals surface area contributed by atoms with Crippen molar-refractivity contribution in [2.24, 2.45) is 5.92 Å². The van der Waals surface area contributed by atoms with E-state index in [2.05, 4.69) is 72.8 Å². The average Bonchev–Trinajstić information content (AvgIpc) is 2.60. The van der Waals surface area contributed by atoms with Crippen LogP contribution in [0.2, 0.25) is 18.1 Å². The lowest BCUT2D eigenvalue weighted by Crippen LogP contribution is -2.50. The van der Waals surface area contributed by atoms with E-state index in [4.69, 9.17) is 9.16 Å². The molecule has 0 aliphatic heterocycles. The summed E-state index contributed by atoms with van der Waals surface area (Å²) in [5.41, 5.74) is 2.46. The lowest BCUT2D eigenvalue weighted by atomic mass is 9.94. The zero-order valence-corrected chi connectivity index (χ0v) is 20.3. The van der Waals surface area contributed by atoms with Gasteiger partial charge in [0.25, 0.3) is 0 Å². The molecule has 0 heterocycles. The Bertz CT molecular complexity index is 586. The molecule has 1 rings (SSSR count). The van der Waals surface area contributed by atoms with Gasteiger partial charge in [0.15, 0.2) is 8.32 Å². The highest BCUT2D eigenvalue weighted by Crippen LogP contribution is 2.39. The SMILES string of the molecule is CC(C)=CCC[C@@H](C)[C@@H](O[Si](C)(C)C(C)(C)C)[C@@H](CO)OCc1ccccc1. The molecule has 0 spiro atoms. The van der Waals surface area contributed by atoms with Crippen LogP contribution in [0.3, 0.4) is 0 Å². The van der Waals surface area contributed by atoms with Gasteiger partial charge in [0.2, 0.25) is 0 Å². The molecule has 0 bridgehead atoms. The molecule has 4 heteroatoms. The minimum absolute atomic E-state index is 0.0287. The highest BCUT2D eigenvalue weighted by Gasteiger charge is 2.42. The van der Waals surface area contributed by atoms with Crippen molar-refractivity contribution in [3.8, 4) is 0 Å². The summed E-state index contributed by atoms with van der Waals surface area (Å²) in [6.07, 6.45) is 3.89. The molecule has 28 heavy (non-hydrogen) atoms. The van der Waals surface area contributed by atoms with Gasteiger partial charge in [0.1, 0.15) is 6.10 Å². The summed E-state index contributed by atoms with van der Waals surface area (Å²) in [6.45, 7) is 18.3. The van der Waals surface area contributed by atoms with Crippen LogP contribution in [0.1, 0.15) is 59.9 Å². The Hall–Kier alpha value is -0.943. The number of aliphatic hydroxyl groups is 1. The maximum absolute atomic E-state index is 10.1. The number of allylic oxidation sites excluding steroid dienone is 2. The van der Waals surface area contributed by atoms with Crippen LogP contribution in [0.15, 0.2) is 42.0 Å². The van der Waals surface area contributed by atoms with Crippen molar-refractivity contribution in [3.05, 3.63) is 47.5 Å². The van der Waals surface area contributed by atoms with Crippen LogP contribution in [-0.2, 0) is 15.8 Å². The number of aliphatic hydroxyl groups excluding tert-OH is 1. The van der Waals surface area contributed by atoms with Crippen molar-refractivity contribution in [2.45, 2.75) is 91.3 Å². The van der Waals surface area contributed by atoms with Gasteiger partial charge in [-0.05, 0) is 56.3 Å². The first-order valence-electron chi connectivity index (χ1n) is 10.6. The van der Waals surface area contributed by atoms with E-state index in [9.17, 15) is 5.11 Å². The van der Waals surface area contributed by atoms with Crippen LogP contribution in [0.4, 0.5) is 0 Å². The molecule has 0 unspecified atom stereocenters. The quantitative estimate of drug-likeness (QED) is 0.344. The number of hydrogen-bond acceptors (Lipinski definition) is 3. The van der Waals surface area contributed by atoms with Crippen molar-refractivity contribution in [1.29, 1.82) is 0 Å². The summed E-state index contributed by atoms with van der Waals surface area (Å²) in [5.74, 6) is 0.303. The van der Waals surface area contributed by atoms with Crippen molar-refractivity contribution >= 4 is 8.32 Å². The molecule has 160 valence electrons. The normalized spacial score (nSPS) is 15.8. The van der Waals surface area contributed by atoms with Crippen LogP contribution in [0.5, 0.6) is 0 Å². The van der Waals surface area contributed by atoms with Gasteiger partial charge in [-0.3, -0.25) is 0 Å². The standard InChI is InChI=1S/C24H42O3Si/c1-19(2)13-12-14-20(3)23(27-28(7,8)24(4,5)6)22(17-25)26-18-21-15-10-9-11-16-21/h9-11,13,15-16,20,22-23,25H,12,14,17-18H2,1-8H3/t20-,22-,23-/m1/s1. The molecular formula is C24H42O3Si. The second kappa shape index (κ2) is 11.3. The predicted molar refractivity (Wildman–Crippen MR) is 122 cm³/mol. The van der Waals surface area contributed by atoms with E-state index in [1.807, 2.05) is 18.2 Å². The molecule has 1 N–H and O–H groups in total.